The number of aromatic nitrogens is 1. The second kappa shape index (κ2) is 9.37. The van der Waals surface area contributed by atoms with Crippen LogP contribution in [-0.4, -0.2) is 29.8 Å². The fourth-order valence-electron chi connectivity index (χ4n) is 2.80. The third kappa shape index (κ3) is 4.89. The molecular formula is C22H23NO4S. The molecule has 0 radical (unpaired) electrons. The SMILES string of the molecule is CCCOc1cc(/C=C(\CCC(=O)O)c2nc3ccccc3s2)ccc1OC. The fraction of sp³-hybridized carbons (Fsp3) is 0.273. The highest BCUT2D eigenvalue weighted by Gasteiger charge is 2.12. The molecule has 0 amide bonds. The highest BCUT2D eigenvalue weighted by atomic mass is 32.1. The van der Waals surface area contributed by atoms with Crippen LogP contribution >= 0.6 is 11.3 Å². The van der Waals surface area contributed by atoms with Gasteiger partial charge >= 0.3 is 5.97 Å². The van der Waals surface area contributed by atoms with E-state index in [4.69, 9.17) is 19.6 Å². The summed E-state index contributed by atoms with van der Waals surface area (Å²) in [5.74, 6) is 0.534. The zero-order valence-corrected chi connectivity index (χ0v) is 16.8. The molecule has 6 heteroatoms. The van der Waals surface area contributed by atoms with E-state index in [1.54, 1.807) is 18.4 Å². The number of aliphatic carboxylic acids is 1. The zero-order valence-electron chi connectivity index (χ0n) is 16.0. The molecule has 0 bridgehead atoms. The number of rotatable bonds is 9. The highest BCUT2D eigenvalue weighted by molar-refractivity contribution is 7.19. The summed E-state index contributed by atoms with van der Waals surface area (Å²) in [4.78, 5) is 15.8. The molecule has 0 fully saturated rings. The third-order valence-corrected chi connectivity index (χ3v) is 5.28. The first kappa shape index (κ1) is 19.9. The van der Waals surface area contributed by atoms with E-state index in [0.29, 0.717) is 24.5 Å². The number of fused-ring (bicyclic) bond motifs is 1. The Labute approximate surface area is 168 Å². The van der Waals surface area contributed by atoms with Gasteiger partial charge in [-0.3, -0.25) is 4.79 Å². The number of hydrogen-bond acceptors (Lipinski definition) is 5. The maximum Gasteiger partial charge on any atom is 0.303 e. The summed E-state index contributed by atoms with van der Waals surface area (Å²) in [6.45, 7) is 2.65. The molecule has 5 nitrogen and oxygen atoms in total. The van der Waals surface area contributed by atoms with Gasteiger partial charge < -0.3 is 14.6 Å². The summed E-state index contributed by atoms with van der Waals surface area (Å²) in [6.07, 6.45) is 3.35. The van der Waals surface area contributed by atoms with Crippen LogP contribution in [0.1, 0.15) is 36.8 Å². The molecule has 3 rings (SSSR count). The van der Waals surface area contributed by atoms with Crippen LogP contribution in [0.3, 0.4) is 0 Å². The van der Waals surface area contributed by atoms with E-state index in [0.717, 1.165) is 32.8 Å². The minimum absolute atomic E-state index is 0.0527. The number of benzene rings is 2. The van der Waals surface area contributed by atoms with E-state index < -0.39 is 5.97 Å². The van der Waals surface area contributed by atoms with Gasteiger partial charge in [-0.05, 0) is 54.3 Å². The maximum atomic E-state index is 11.1. The Morgan fingerprint density at radius 1 is 1.18 bits per heavy atom. The molecule has 2 aromatic carbocycles. The molecule has 1 heterocycles. The summed E-state index contributed by atoms with van der Waals surface area (Å²) in [5.41, 5.74) is 2.74. The Hall–Kier alpha value is -2.86. The van der Waals surface area contributed by atoms with Gasteiger partial charge in [0.2, 0.25) is 0 Å². The Balaban J connectivity index is 1.99. The summed E-state index contributed by atoms with van der Waals surface area (Å²) in [5, 5.41) is 9.99. The molecule has 0 aliphatic heterocycles. The molecule has 28 heavy (non-hydrogen) atoms. The van der Waals surface area contributed by atoms with Crippen molar-refractivity contribution >= 4 is 39.2 Å². The minimum atomic E-state index is -0.825. The van der Waals surface area contributed by atoms with E-state index in [1.165, 1.54) is 0 Å². The lowest BCUT2D eigenvalue weighted by Gasteiger charge is -2.11. The van der Waals surface area contributed by atoms with Gasteiger partial charge in [-0.15, -0.1) is 11.3 Å². The van der Waals surface area contributed by atoms with Crippen LogP contribution in [0.2, 0.25) is 0 Å². The molecule has 1 aromatic heterocycles. The van der Waals surface area contributed by atoms with Crippen LogP contribution < -0.4 is 9.47 Å². The number of para-hydroxylation sites is 1. The monoisotopic (exact) mass is 397 g/mol. The Morgan fingerprint density at radius 2 is 2.00 bits per heavy atom. The van der Waals surface area contributed by atoms with Crippen LogP contribution in [0.15, 0.2) is 42.5 Å². The van der Waals surface area contributed by atoms with Crippen molar-refractivity contribution < 1.29 is 19.4 Å². The lowest BCUT2D eigenvalue weighted by Crippen LogP contribution is -1.98. The minimum Gasteiger partial charge on any atom is -0.493 e. The zero-order chi connectivity index (χ0) is 19.9. The number of thiazole rings is 1. The fourth-order valence-corrected chi connectivity index (χ4v) is 3.81. The standard InChI is InChI=1S/C22H23NO4S/c1-3-12-27-19-14-15(8-10-18(19)26-2)13-16(9-11-21(24)25)22-23-17-6-4-5-7-20(17)28-22/h4-8,10,13-14H,3,9,11-12H2,1-2H3,(H,24,25)/b16-13+. The van der Waals surface area contributed by atoms with Crippen molar-refractivity contribution in [2.45, 2.75) is 26.2 Å². The van der Waals surface area contributed by atoms with Gasteiger partial charge in [-0.25, -0.2) is 4.98 Å². The van der Waals surface area contributed by atoms with Gasteiger partial charge in [-0.1, -0.05) is 25.1 Å². The van der Waals surface area contributed by atoms with Crippen LogP contribution in [0, 0.1) is 0 Å². The van der Waals surface area contributed by atoms with Gasteiger partial charge in [0.1, 0.15) is 5.01 Å². The number of carbonyl (C=O) groups is 1. The predicted molar refractivity (Wildman–Crippen MR) is 113 cm³/mol. The van der Waals surface area contributed by atoms with Gasteiger partial charge in [0.15, 0.2) is 11.5 Å². The molecule has 146 valence electrons. The third-order valence-electron chi connectivity index (χ3n) is 4.17. The summed E-state index contributed by atoms with van der Waals surface area (Å²) >= 11 is 1.57. The topological polar surface area (TPSA) is 68.7 Å². The van der Waals surface area contributed by atoms with Crippen molar-refractivity contribution in [2.24, 2.45) is 0 Å². The quantitative estimate of drug-likeness (QED) is 0.516. The van der Waals surface area contributed by atoms with Crippen molar-refractivity contribution in [3.05, 3.63) is 53.0 Å². The number of ether oxygens (including phenoxy) is 2. The van der Waals surface area contributed by atoms with Crippen molar-refractivity contribution in [1.29, 1.82) is 0 Å². The normalized spacial score (nSPS) is 11.6. The van der Waals surface area contributed by atoms with Crippen molar-refractivity contribution in [2.75, 3.05) is 13.7 Å². The molecule has 0 aliphatic rings. The van der Waals surface area contributed by atoms with Crippen molar-refractivity contribution in [1.82, 2.24) is 4.98 Å². The molecule has 0 aliphatic carbocycles. The average molecular weight is 397 g/mol. The number of methoxy groups -OCH3 is 1. The highest BCUT2D eigenvalue weighted by Crippen LogP contribution is 2.33. The van der Waals surface area contributed by atoms with E-state index in [9.17, 15) is 4.79 Å². The first-order chi connectivity index (χ1) is 13.6. The molecule has 0 saturated carbocycles. The molecule has 1 N–H and O–H groups in total. The number of nitrogens with zero attached hydrogens (tertiary/aromatic N) is 1. The van der Waals surface area contributed by atoms with Crippen LogP contribution in [0.5, 0.6) is 11.5 Å². The Kier molecular flexibility index (Phi) is 6.66. The second-order valence-corrected chi connectivity index (χ2v) is 7.34. The lowest BCUT2D eigenvalue weighted by atomic mass is 10.1. The van der Waals surface area contributed by atoms with Gasteiger partial charge in [0.05, 0.1) is 23.9 Å². The number of carboxylic acids is 1. The number of allylic oxidation sites excluding steroid dienone is 1. The smallest absolute Gasteiger partial charge is 0.303 e. The first-order valence-corrected chi connectivity index (χ1v) is 10.0. The molecule has 0 saturated heterocycles. The van der Waals surface area contributed by atoms with E-state index in [2.05, 4.69) is 0 Å². The Morgan fingerprint density at radius 3 is 2.71 bits per heavy atom. The second-order valence-electron chi connectivity index (χ2n) is 6.31. The number of carboxylic acid groups (broad SMARTS) is 1. The predicted octanol–water partition coefficient (Wildman–Crippen LogP) is 5.50. The van der Waals surface area contributed by atoms with Crippen LogP contribution in [-0.2, 0) is 4.79 Å². The first-order valence-electron chi connectivity index (χ1n) is 9.20. The lowest BCUT2D eigenvalue weighted by molar-refractivity contribution is -0.136. The number of hydrogen-bond donors (Lipinski definition) is 1. The van der Waals surface area contributed by atoms with Gasteiger partial charge in [0.25, 0.3) is 0 Å². The van der Waals surface area contributed by atoms with Crippen molar-refractivity contribution in [3.8, 4) is 11.5 Å². The molecule has 0 spiro atoms. The summed E-state index contributed by atoms with van der Waals surface area (Å²) in [6, 6.07) is 13.6. The molecule has 0 atom stereocenters. The largest absolute Gasteiger partial charge is 0.493 e. The van der Waals surface area contributed by atoms with E-state index in [1.807, 2.05) is 55.5 Å². The molecule has 0 unspecified atom stereocenters. The Bertz CT molecular complexity index is 960. The van der Waals surface area contributed by atoms with E-state index in [-0.39, 0.29) is 6.42 Å². The van der Waals surface area contributed by atoms with Crippen molar-refractivity contribution in [3.63, 3.8) is 0 Å². The average Bonchev–Trinajstić information content (AvgIpc) is 3.13. The van der Waals surface area contributed by atoms with Gasteiger partial charge in [0, 0.05) is 6.42 Å². The summed E-state index contributed by atoms with van der Waals surface area (Å²) < 4.78 is 12.2. The van der Waals surface area contributed by atoms with E-state index >= 15 is 0 Å². The maximum absolute atomic E-state index is 11.1. The summed E-state index contributed by atoms with van der Waals surface area (Å²) in [7, 11) is 1.61. The van der Waals surface area contributed by atoms with Crippen LogP contribution in [0.25, 0.3) is 21.9 Å². The van der Waals surface area contributed by atoms with Gasteiger partial charge in [-0.2, -0.15) is 0 Å². The van der Waals surface area contributed by atoms with Crippen LogP contribution in [0.4, 0.5) is 0 Å². The molecular weight excluding hydrogens is 374 g/mol. The molecule has 3 aromatic rings.